The van der Waals surface area contributed by atoms with Crippen LogP contribution in [0.3, 0.4) is 0 Å². The number of aliphatic imine (C=N–C) groups is 1. The summed E-state index contributed by atoms with van der Waals surface area (Å²) in [6.45, 7) is 0. The van der Waals surface area contributed by atoms with Crippen LogP contribution in [0.2, 0.25) is 1.41 Å². The van der Waals surface area contributed by atoms with Crippen molar-refractivity contribution in [3.8, 4) is 5.75 Å². The van der Waals surface area contributed by atoms with E-state index in [0.29, 0.717) is 0 Å². The highest BCUT2D eigenvalue weighted by Gasteiger charge is 2.40. The quantitative estimate of drug-likeness (QED) is 0.909. The van der Waals surface area contributed by atoms with E-state index in [1.807, 2.05) is 0 Å². The molecule has 0 atom stereocenters. The van der Waals surface area contributed by atoms with Crippen LogP contribution in [0.1, 0.15) is 51.1 Å². The predicted octanol–water partition coefficient (Wildman–Crippen LogP) is 3.16. The van der Waals surface area contributed by atoms with Gasteiger partial charge >= 0.3 is 6.36 Å². The number of alkyl halides is 3. The average Bonchev–Trinajstić information content (AvgIpc) is 2.93. The second kappa shape index (κ2) is 5.30. The molecule has 1 fully saturated rings. The molecule has 1 aliphatic carbocycles. The zero-order valence-electron chi connectivity index (χ0n) is 21.7. The van der Waals surface area contributed by atoms with Gasteiger partial charge in [0, 0.05) is 19.3 Å². The predicted molar refractivity (Wildman–Crippen MR) is 73.6 cm³/mol. The van der Waals surface area contributed by atoms with Gasteiger partial charge in [-0.3, -0.25) is 9.79 Å². The van der Waals surface area contributed by atoms with E-state index in [-0.39, 0.29) is 10.9 Å². The Morgan fingerprint density at radius 1 is 1.23 bits per heavy atom. The lowest BCUT2D eigenvalue weighted by atomic mass is 9.90. The average molecular weight is 323 g/mol. The second-order valence-electron chi connectivity index (χ2n) is 4.25. The molecule has 1 spiro atoms. The Hall–Kier alpha value is -2.05. The molecule has 1 aromatic rings. The van der Waals surface area contributed by atoms with Crippen molar-refractivity contribution in [2.75, 3.05) is 0 Å². The molecular weight excluding hydrogens is 297 g/mol. The molecule has 0 radical (unpaired) electrons. The van der Waals surface area contributed by atoms with E-state index in [9.17, 15) is 18.0 Å². The highest BCUT2D eigenvalue weighted by molar-refractivity contribution is 6.46. The number of benzene rings is 1. The topological polar surface area (TPSA) is 50.7 Å². The molecule has 118 valence electrons. The second-order valence-corrected chi connectivity index (χ2v) is 4.25. The van der Waals surface area contributed by atoms with Crippen LogP contribution in [0.15, 0.2) is 29.3 Å². The Morgan fingerprint density at radius 3 is 2.45 bits per heavy atom. The lowest BCUT2D eigenvalue weighted by molar-refractivity contribution is -0.274. The minimum absolute atomic E-state index is 0.315. The SMILES string of the molecule is [2H]N1C(=O)C(c2ccc(OC(F)(F)F)cc2)=NC12C([2H])([2H])C([2H])([2H])C([2H])([2H])C([2H])([2H])C2([2H])[2H]. The summed E-state index contributed by atoms with van der Waals surface area (Å²) in [6, 6.07) is 3.28. The van der Waals surface area contributed by atoms with Crippen LogP contribution in [0.25, 0.3) is 0 Å². The molecule has 0 saturated heterocycles. The maximum atomic E-state index is 12.8. The van der Waals surface area contributed by atoms with Gasteiger partial charge in [-0.05, 0) is 49.8 Å². The molecule has 1 N–H and O–H groups in total. The minimum Gasteiger partial charge on any atom is -0.406 e. The molecule has 0 bridgehead atoms. The van der Waals surface area contributed by atoms with E-state index < -0.39 is 61.3 Å². The lowest BCUT2D eigenvalue weighted by Gasteiger charge is -2.30. The molecule has 3 rings (SSSR count). The van der Waals surface area contributed by atoms with E-state index >= 15 is 0 Å². The Kier molecular flexibility index (Phi) is 1.59. The van der Waals surface area contributed by atoms with Gasteiger partial charge in [-0.25, -0.2) is 0 Å². The molecule has 1 heterocycles. The fraction of sp³-hybridized carbons (Fsp3) is 0.467. The van der Waals surface area contributed by atoms with Gasteiger partial charge < -0.3 is 10.0 Å². The summed E-state index contributed by atoms with van der Waals surface area (Å²) in [5.41, 5.74) is -4.69. The summed E-state index contributed by atoms with van der Waals surface area (Å²) in [7, 11) is 0. The number of carbonyl (C=O) groups is 1. The van der Waals surface area contributed by atoms with E-state index in [1.165, 1.54) is 0 Å². The molecule has 1 aromatic carbocycles. The summed E-state index contributed by atoms with van der Waals surface area (Å²) in [4.78, 5) is 16.4. The Morgan fingerprint density at radius 2 is 1.86 bits per heavy atom. The Balaban J connectivity index is 2.24. The van der Waals surface area contributed by atoms with Gasteiger partial charge in [-0.1, -0.05) is 6.37 Å². The number of ether oxygens (including phenoxy) is 1. The molecule has 1 saturated carbocycles. The molecule has 2 aliphatic rings. The van der Waals surface area contributed by atoms with Gasteiger partial charge in [-0.2, -0.15) is 0 Å². The van der Waals surface area contributed by atoms with Crippen molar-refractivity contribution in [1.29, 1.82) is 0 Å². The number of rotatable bonds is 2. The van der Waals surface area contributed by atoms with Crippen molar-refractivity contribution in [1.82, 2.24) is 5.31 Å². The summed E-state index contributed by atoms with van der Waals surface area (Å²) < 4.78 is 129. The third-order valence-corrected chi connectivity index (χ3v) is 2.70. The van der Waals surface area contributed by atoms with Gasteiger partial charge in [0.15, 0.2) is 1.41 Å². The molecule has 1 amide bonds. The maximum absolute atomic E-state index is 12.8. The normalized spacial score (nSPS) is 40.0. The van der Waals surface area contributed by atoms with Crippen LogP contribution in [0.4, 0.5) is 13.2 Å². The molecular formula is C15H15F3N2O2. The fourth-order valence-corrected chi connectivity index (χ4v) is 1.85. The smallest absolute Gasteiger partial charge is 0.406 e. The fourth-order valence-electron chi connectivity index (χ4n) is 1.85. The van der Waals surface area contributed by atoms with Gasteiger partial charge in [0.2, 0.25) is 0 Å². The van der Waals surface area contributed by atoms with Crippen molar-refractivity contribution in [2.45, 2.75) is 43.9 Å². The maximum Gasteiger partial charge on any atom is 0.573 e. The zero-order valence-corrected chi connectivity index (χ0v) is 10.7. The van der Waals surface area contributed by atoms with Gasteiger partial charge in [0.05, 0.1) is 0 Å². The van der Waals surface area contributed by atoms with Gasteiger partial charge in [0.25, 0.3) is 5.91 Å². The molecule has 7 heteroatoms. The highest BCUT2D eigenvalue weighted by atomic mass is 19.4. The van der Waals surface area contributed by atoms with E-state index in [0.717, 1.165) is 24.3 Å². The summed E-state index contributed by atoms with van der Waals surface area (Å²) >= 11 is 0. The van der Waals surface area contributed by atoms with Crippen LogP contribution < -0.4 is 10.0 Å². The molecule has 0 aromatic heterocycles. The van der Waals surface area contributed by atoms with Crippen LogP contribution in [0, 0.1) is 0 Å². The zero-order chi connectivity index (χ0) is 25.6. The largest absolute Gasteiger partial charge is 0.573 e. The van der Waals surface area contributed by atoms with Gasteiger partial charge in [0.1, 0.15) is 17.1 Å². The van der Waals surface area contributed by atoms with Crippen LogP contribution in [-0.2, 0) is 4.79 Å². The summed E-state index contributed by atoms with van der Waals surface area (Å²) in [6.07, 6.45) is -23.9. The monoisotopic (exact) mass is 323 g/mol. The van der Waals surface area contributed by atoms with Crippen molar-refractivity contribution in [3.63, 3.8) is 0 Å². The Bertz CT molecular complexity index is 995. The van der Waals surface area contributed by atoms with E-state index in [1.54, 1.807) is 0 Å². The molecule has 0 unspecified atom stereocenters. The number of hydrogen-bond acceptors (Lipinski definition) is 3. The number of carbonyl (C=O) groups excluding carboxylic acids is 1. The van der Waals surface area contributed by atoms with Crippen molar-refractivity contribution in [2.24, 2.45) is 4.99 Å². The van der Waals surface area contributed by atoms with E-state index in [2.05, 4.69) is 9.73 Å². The van der Waals surface area contributed by atoms with Crippen LogP contribution in [-0.4, -0.2) is 23.6 Å². The summed E-state index contributed by atoms with van der Waals surface area (Å²) in [5, 5.41) is -0.382. The first-order valence-corrected chi connectivity index (χ1v) is 5.90. The standard InChI is InChI=1S/C15H15F3N2O2/c16-15(17,18)22-11-6-4-10(5-7-11)12-13(21)20-14(19-12)8-2-1-3-9-14/h4-7H,1-3,8-9H2,(H,20,21)/i1D2,2D2,3D2,8D2,9D2/hD. The van der Waals surface area contributed by atoms with Crippen molar-refractivity contribution >= 4 is 11.6 Å². The van der Waals surface area contributed by atoms with Crippen molar-refractivity contribution < 1.29 is 37.8 Å². The van der Waals surface area contributed by atoms with Crippen molar-refractivity contribution in [3.05, 3.63) is 29.8 Å². The minimum atomic E-state index is -5.02. The van der Waals surface area contributed by atoms with Crippen LogP contribution in [0.5, 0.6) is 5.75 Å². The van der Waals surface area contributed by atoms with Gasteiger partial charge in [-0.15, -0.1) is 13.2 Å². The molecule has 1 aliphatic heterocycles. The third kappa shape index (κ3) is 3.08. The lowest BCUT2D eigenvalue weighted by Crippen LogP contribution is -2.43. The number of hydrogen-bond donors (Lipinski definition) is 1. The van der Waals surface area contributed by atoms with E-state index in [4.69, 9.17) is 15.1 Å². The number of halogens is 3. The summed E-state index contributed by atoms with van der Waals surface area (Å²) in [5.74, 6) is -2.19. The molecule has 22 heavy (non-hydrogen) atoms. The first-order chi connectivity index (χ1) is 14.6. The number of nitrogens with one attached hydrogen (secondary N) is 1. The van der Waals surface area contributed by atoms with Crippen LogP contribution >= 0.6 is 0 Å². The highest BCUT2D eigenvalue weighted by Crippen LogP contribution is 2.33. The number of amides is 1. The first-order valence-electron chi connectivity index (χ1n) is 11.3. The number of nitrogens with zero attached hydrogens (tertiary/aromatic N) is 1. The molecule has 4 nitrogen and oxygen atoms in total. The third-order valence-electron chi connectivity index (χ3n) is 2.70. The first kappa shape index (κ1) is 6.60. The Labute approximate surface area is 140 Å².